The van der Waals surface area contributed by atoms with Crippen LogP contribution in [-0.4, -0.2) is 11.8 Å². The van der Waals surface area contributed by atoms with Gasteiger partial charge in [0.25, 0.3) is 0 Å². The Kier molecular flexibility index (Phi) is 3.15. The lowest BCUT2D eigenvalue weighted by molar-refractivity contribution is -0.119. The van der Waals surface area contributed by atoms with Gasteiger partial charge in [0.1, 0.15) is 17.2 Å². The van der Waals surface area contributed by atoms with Crippen molar-refractivity contribution in [2.45, 2.75) is 13.0 Å². The first-order valence-corrected chi connectivity index (χ1v) is 5.58. The van der Waals surface area contributed by atoms with Gasteiger partial charge >= 0.3 is 0 Å². The summed E-state index contributed by atoms with van der Waals surface area (Å²) in [7, 11) is 0. The van der Waals surface area contributed by atoms with Gasteiger partial charge < -0.3 is 9.73 Å². The zero-order valence-electron chi connectivity index (χ0n) is 8.87. The Balaban J connectivity index is 2.23. The summed E-state index contributed by atoms with van der Waals surface area (Å²) in [6, 6.07) is 9.49. The molecule has 0 saturated heterocycles. The number of furan rings is 1. The third-order valence-electron chi connectivity index (χ3n) is 2.37. The molecule has 1 atom stereocenters. The van der Waals surface area contributed by atoms with Gasteiger partial charge in [-0.25, -0.2) is 0 Å². The van der Waals surface area contributed by atoms with Gasteiger partial charge in [-0.05, 0) is 19.1 Å². The Hall–Kier alpha value is -1.48. The molecular formula is C12H12ClNO2. The van der Waals surface area contributed by atoms with Crippen LogP contribution in [-0.2, 0) is 4.79 Å². The molecule has 1 amide bonds. The monoisotopic (exact) mass is 237 g/mol. The summed E-state index contributed by atoms with van der Waals surface area (Å²) in [6.07, 6.45) is 0. The van der Waals surface area contributed by atoms with Crippen LogP contribution in [0.4, 0.5) is 0 Å². The van der Waals surface area contributed by atoms with Crippen LogP contribution in [0.15, 0.2) is 34.7 Å². The van der Waals surface area contributed by atoms with Crippen LogP contribution in [0.25, 0.3) is 11.0 Å². The number of hydrogen-bond acceptors (Lipinski definition) is 2. The van der Waals surface area contributed by atoms with Gasteiger partial charge in [-0.1, -0.05) is 18.2 Å². The molecular weight excluding hydrogens is 226 g/mol. The van der Waals surface area contributed by atoms with Crippen molar-refractivity contribution in [1.82, 2.24) is 5.32 Å². The van der Waals surface area contributed by atoms with Crippen molar-refractivity contribution in [3.63, 3.8) is 0 Å². The Labute approximate surface area is 98.4 Å². The molecule has 1 aromatic carbocycles. The third-order valence-corrected chi connectivity index (χ3v) is 2.61. The van der Waals surface area contributed by atoms with Crippen molar-refractivity contribution in [1.29, 1.82) is 0 Å². The molecule has 0 unspecified atom stereocenters. The second-order valence-electron chi connectivity index (χ2n) is 3.61. The molecule has 1 heterocycles. The highest BCUT2D eigenvalue weighted by atomic mass is 35.5. The standard InChI is InChI=1S/C12H12ClNO2/c1-8(14-12(15)7-13)11-6-9-4-2-3-5-10(9)16-11/h2-6,8H,7H2,1H3,(H,14,15)/t8-/m1/s1. The predicted octanol–water partition coefficient (Wildman–Crippen LogP) is 2.85. The molecule has 0 spiro atoms. The number of carbonyl (C=O) groups excluding carboxylic acids is 1. The van der Waals surface area contributed by atoms with E-state index in [9.17, 15) is 4.79 Å². The zero-order valence-corrected chi connectivity index (χ0v) is 9.62. The van der Waals surface area contributed by atoms with Gasteiger partial charge in [0.2, 0.25) is 5.91 Å². The van der Waals surface area contributed by atoms with Crippen molar-refractivity contribution in [3.05, 3.63) is 36.1 Å². The van der Waals surface area contributed by atoms with E-state index in [1.54, 1.807) is 0 Å². The molecule has 0 fully saturated rings. The van der Waals surface area contributed by atoms with E-state index in [2.05, 4.69) is 5.32 Å². The van der Waals surface area contributed by atoms with E-state index >= 15 is 0 Å². The quantitative estimate of drug-likeness (QED) is 0.835. The maximum Gasteiger partial charge on any atom is 0.235 e. The number of hydrogen-bond donors (Lipinski definition) is 1. The maximum atomic E-state index is 11.1. The first-order chi connectivity index (χ1) is 7.70. The van der Waals surface area contributed by atoms with Crippen LogP contribution < -0.4 is 5.32 Å². The first kappa shape index (κ1) is 11.0. The van der Waals surface area contributed by atoms with Gasteiger partial charge in [0, 0.05) is 5.39 Å². The molecule has 1 N–H and O–H groups in total. The molecule has 0 bridgehead atoms. The lowest BCUT2D eigenvalue weighted by atomic mass is 10.2. The SMILES string of the molecule is C[C@@H](NC(=O)CCl)c1cc2ccccc2o1. The molecule has 2 aromatic rings. The minimum absolute atomic E-state index is 0.0371. The van der Waals surface area contributed by atoms with E-state index in [0.717, 1.165) is 16.7 Å². The van der Waals surface area contributed by atoms with Crippen molar-refractivity contribution in [2.24, 2.45) is 0 Å². The smallest absolute Gasteiger partial charge is 0.235 e. The number of halogens is 1. The van der Waals surface area contributed by atoms with Crippen molar-refractivity contribution >= 4 is 28.5 Å². The van der Waals surface area contributed by atoms with Gasteiger partial charge in [-0.3, -0.25) is 4.79 Å². The van der Waals surface area contributed by atoms with E-state index in [-0.39, 0.29) is 17.8 Å². The fourth-order valence-electron chi connectivity index (χ4n) is 1.57. The number of alkyl halides is 1. The fourth-order valence-corrected chi connectivity index (χ4v) is 1.64. The average Bonchev–Trinajstić information content (AvgIpc) is 2.72. The summed E-state index contributed by atoms with van der Waals surface area (Å²) in [5.41, 5.74) is 0.824. The van der Waals surface area contributed by atoms with Gasteiger partial charge in [0.05, 0.1) is 6.04 Å². The van der Waals surface area contributed by atoms with E-state index in [4.69, 9.17) is 16.0 Å². The summed E-state index contributed by atoms with van der Waals surface area (Å²) in [5.74, 6) is 0.499. The van der Waals surface area contributed by atoms with Crippen LogP contribution in [0.1, 0.15) is 18.7 Å². The molecule has 0 aliphatic rings. The molecule has 4 heteroatoms. The lowest BCUT2D eigenvalue weighted by Crippen LogP contribution is -2.27. The highest BCUT2D eigenvalue weighted by Crippen LogP contribution is 2.23. The Morgan fingerprint density at radius 2 is 2.25 bits per heavy atom. The molecule has 0 saturated carbocycles. The topological polar surface area (TPSA) is 42.2 Å². The van der Waals surface area contributed by atoms with Crippen LogP contribution in [0, 0.1) is 0 Å². The second-order valence-corrected chi connectivity index (χ2v) is 3.88. The van der Waals surface area contributed by atoms with Crippen molar-refractivity contribution < 1.29 is 9.21 Å². The molecule has 0 aliphatic heterocycles. The summed E-state index contributed by atoms with van der Waals surface area (Å²) >= 11 is 5.42. The molecule has 3 nitrogen and oxygen atoms in total. The minimum atomic E-state index is -0.199. The number of amides is 1. The number of benzene rings is 1. The number of fused-ring (bicyclic) bond motifs is 1. The average molecular weight is 238 g/mol. The fraction of sp³-hybridized carbons (Fsp3) is 0.250. The predicted molar refractivity (Wildman–Crippen MR) is 63.5 cm³/mol. The van der Waals surface area contributed by atoms with Gasteiger partial charge in [-0.2, -0.15) is 0 Å². The molecule has 84 valence electrons. The van der Waals surface area contributed by atoms with Crippen LogP contribution >= 0.6 is 11.6 Å². The van der Waals surface area contributed by atoms with E-state index in [0.29, 0.717) is 0 Å². The summed E-state index contributed by atoms with van der Waals surface area (Å²) in [6.45, 7) is 1.86. The molecule has 0 aliphatic carbocycles. The lowest BCUT2D eigenvalue weighted by Gasteiger charge is -2.09. The summed E-state index contributed by atoms with van der Waals surface area (Å²) < 4.78 is 5.62. The number of carbonyl (C=O) groups is 1. The Bertz CT molecular complexity index is 473. The number of para-hydroxylation sites is 1. The van der Waals surface area contributed by atoms with Gasteiger partial charge in [0.15, 0.2) is 0 Å². The number of nitrogens with one attached hydrogen (secondary N) is 1. The zero-order chi connectivity index (χ0) is 11.5. The maximum absolute atomic E-state index is 11.1. The highest BCUT2D eigenvalue weighted by molar-refractivity contribution is 6.27. The summed E-state index contributed by atoms with van der Waals surface area (Å²) in [5, 5.41) is 3.77. The van der Waals surface area contributed by atoms with Crippen molar-refractivity contribution in [2.75, 3.05) is 5.88 Å². The molecule has 16 heavy (non-hydrogen) atoms. The van der Waals surface area contributed by atoms with Crippen LogP contribution in [0.5, 0.6) is 0 Å². The second kappa shape index (κ2) is 4.58. The third kappa shape index (κ3) is 2.19. The van der Waals surface area contributed by atoms with Crippen molar-refractivity contribution in [3.8, 4) is 0 Å². The minimum Gasteiger partial charge on any atom is -0.459 e. The first-order valence-electron chi connectivity index (χ1n) is 5.04. The highest BCUT2D eigenvalue weighted by Gasteiger charge is 2.13. The summed E-state index contributed by atoms with van der Waals surface area (Å²) in [4.78, 5) is 11.1. The van der Waals surface area contributed by atoms with E-state index < -0.39 is 0 Å². The Morgan fingerprint density at radius 3 is 2.94 bits per heavy atom. The van der Waals surface area contributed by atoms with E-state index in [1.165, 1.54) is 0 Å². The van der Waals surface area contributed by atoms with E-state index in [1.807, 2.05) is 37.3 Å². The Morgan fingerprint density at radius 1 is 1.50 bits per heavy atom. The van der Waals surface area contributed by atoms with Gasteiger partial charge in [-0.15, -0.1) is 11.6 Å². The van der Waals surface area contributed by atoms with Crippen LogP contribution in [0.3, 0.4) is 0 Å². The molecule has 1 aromatic heterocycles. The molecule has 2 rings (SSSR count). The normalized spacial score (nSPS) is 12.6. The number of rotatable bonds is 3. The van der Waals surface area contributed by atoms with Crippen LogP contribution in [0.2, 0.25) is 0 Å². The largest absolute Gasteiger partial charge is 0.459 e. The molecule has 0 radical (unpaired) electrons.